The number of hydrogen-bond acceptors (Lipinski definition) is 0. The van der Waals surface area contributed by atoms with Crippen molar-refractivity contribution in [1.29, 1.82) is 0 Å². The summed E-state index contributed by atoms with van der Waals surface area (Å²) >= 11 is 0. The first-order valence-corrected chi connectivity index (χ1v) is 14.5. The van der Waals surface area contributed by atoms with Gasteiger partial charge in [-0.3, -0.25) is 0 Å². The lowest BCUT2D eigenvalue weighted by atomic mass is 10.0. The van der Waals surface area contributed by atoms with Crippen LogP contribution in [0.2, 0.25) is 0 Å². The molecule has 2 aromatic heterocycles. The molecule has 0 N–H and O–H groups in total. The van der Waals surface area contributed by atoms with Crippen LogP contribution in [0.5, 0.6) is 0 Å². The average molecular weight is 535 g/mol. The summed E-state index contributed by atoms with van der Waals surface area (Å²) in [5.74, 6) is 0. The first-order chi connectivity index (χ1) is 20.8. The van der Waals surface area contributed by atoms with Crippen molar-refractivity contribution in [1.82, 2.24) is 9.13 Å². The van der Waals surface area contributed by atoms with Gasteiger partial charge in [0.05, 0.1) is 22.1 Å². The molecule has 0 spiro atoms. The molecule has 0 amide bonds. The van der Waals surface area contributed by atoms with Crippen molar-refractivity contribution >= 4 is 54.4 Å². The van der Waals surface area contributed by atoms with Crippen molar-refractivity contribution < 1.29 is 0 Å². The second kappa shape index (κ2) is 8.95. The van der Waals surface area contributed by atoms with Crippen LogP contribution in [0.1, 0.15) is 0 Å². The van der Waals surface area contributed by atoms with E-state index in [0.717, 1.165) is 0 Å². The highest BCUT2D eigenvalue weighted by atomic mass is 15.0. The number of benzene rings is 7. The molecule has 0 bridgehead atoms. The Kier molecular flexibility index (Phi) is 4.93. The van der Waals surface area contributed by atoms with Gasteiger partial charge in [-0.05, 0) is 65.0 Å². The second-order valence-corrected chi connectivity index (χ2v) is 11.0. The minimum absolute atomic E-state index is 1.17. The number of nitrogens with zero attached hydrogens (tertiary/aromatic N) is 2. The third-order valence-corrected chi connectivity index (χ3v) is 8.69. The number of hydrogen-bond donors (Lipinski definition) is 0. The molecule has 0 atom stereocenters. The molecule has 2 heteroatoms. The van der Waals surface area contributed by atoms with Crippen LogP contribution >= 0.6 is 0 Å². The lowest BCUT2D eigenvalue weighted by molar-refractivity contribution is 1.18. The third kappa shape index (κ3) is 3.33. The lowest BCUT2D eigenvalue weighted by Crippen LogP contribution is -1.95. The van der Waals surface area contributed by atoms with E-state index in [1.807, 2.05) is 0 Å². The highest BCUT2D eigenvalue weighted by Crippen LogP contribution is 2.40. The Hall–Kier alpha value is -5.60. The van der Waals surface area contributed by atoms with Crippen molar-refractivity contribution in [3.05, 3.63) is 158 Å². The maximum atomic E-state index is 2.45. The van der Waals surface area contributed by atoms with Crippen LogP contribution in [0.3, 0.4) is 0 Å². The molecule has 0 unspecified atom stereocenters. The Morgan fingerprint density at radius 1 is 0.310 bits per heavy atom. The van der Waals surface area contributed by atoms with Crippen LogP contribution in [0.15, 0.2) is 158 Å². The third-order valence-electron chi connectivity index (χ3n) is 8.69. The predicted octanol–water partition coefficient (Wildman–Crippen LogP) is 10.7. The highest BCUT2D eigenvalue weighted by Gasteiger charge is 2.18. The molecule has 0 saturated heterocycles. The summed E-state index contributed by atoms with van der Waals surface area (Å²) in [6.07, 6.45) is 0. The summed E-state index contributed by atoms with van der Waals surface area (Å²) in [5, 5.41) is 7.58. The summed E-state index contributed by atoms with van der Waals surface area (Å²) in [4.78, 5) is 0. The second-order valence-electron chi connectivity index (χ2n) is 11.0. The van der Waals surface area contributed by atoms with Crippen molar-refractivity contribution in [2.75, 3.05) is 0 Å². The van der Waals surface area contributed by atoms with Gasteiger partial charge in [0.25, 0.3) is 0 Å². The molecule has 0 saturated carbocycles. The zero-order valence-electron chi connectivity index (χ0n) is 22.9. The Labute approximate surface area is 243 Å². The van der Waals surface area contributed by atoms with Crippen molar-refractivity contribution in [3.63, 3.8) is 0 Å². The normalized spacial score (nSPS) is 11.8. The van der Waals surface area contributed by atoms with Gasteiger partial charge in [-0.25, -0.2) is 0 Å². The molecular formula is C40H26N2. The molecule has 0 fully saturated rings. The molecule has 7 aromatic carbocycles. The van der Waals surface area contributed by atoms with Crippen LogP contribution in [0.4, 0.5) is 0 Å². The fourth-order valence-electron chi connectivity index (χ4n) is 6.80. The van der Waals surface area contributed by atoms with Crippen molar-refractivity contribution in [3.8, 4) is 22.5 Å². The van der Waals surface area contributed by atoms with E-state index in [0.29, 0.717) is 0 Å². The molecule has 42 heavy (non-hydrogen) atoms. The summed E-state index contributed by atoms with van der Waals surface area (Å²) in [6.45, 7) is 0. The van der Waals surface area contributed by atoms with E-state index in [2.05, 4.69) is 167 Å². The summed E-state index contributed by atoms with van der Waals surface area (Å²) in [7, 11) is 0. The molecule has 0 aliphatic carbocycles. The predicted molar refractivity (Wildman–Crippen MR) is 178 cm³/mol. The molecule has 0 aliphatic heterocycles. The minimum atomic E-state index is 1.17. The van der Waals surface area contributed by atoms with Crippen LogP contribution in [-0.4, -0.2) is 9.13 Å². The first-order valence-electron chi connectivity index (χ1n) is 14.5. The molecule has 0 radical (unpaired) electrons. The average Bonchev–Trinajstić information content (AvgIpc) is 3.57. The minimum Gasteiger partial charge on any atom is -0.309 e. The zero-order valence-corrected chi connectivity index (χ0v) is 22.9. The molecule has 9 aromatic rings. The molecule has 9 rings (SSSR count). The van der Waals surface area contributed by atoms with Gasteiger partial charge in [0.15, 0.2) is 0 Å². The molecular weight excluding hydrogens is 508 g/mol. The summed E-state index contributed by atoms with van der Waals surface area (Å²) < 4.78 is 4.84. The van der Waals surface area contributed by atoms with Gasteiger partial charge in [0.1, 0.15) is 0 Å². The van der Waals surface area contributed by atoms with E-state index in [-0.39, 0.29) is 0 Å². The fourth-order valence-corrected chi connectivity index (χ4v) is 6.80. The largest absolute Gasteiger partial charge is 0.309 e. The topological polar surface area (TPSA) is 9.86 Å². The number of rotatable bonds is 3. The van der Waals surface area contributed by atoms with Crippen LogP contribution in [-0.2, 0) is 0 Å². The first kappa shape index (κ1) is 23.1. The van der Waals surface area contributed by atoms with E-state index in [4.69, 9.17) is 0 Å². The maximum Gasteiger partial charge on any atom is 0.0619 e. The monoisotopic (exact) mass is 534 g/mol. The molecule has 0 aliphatic rings. The van der Waals surface area contributed by atoms with Gasteiger partial charge in [-0.1, -0.05) is 109 Å². The number of fused-ring (bicyclic) bond motifs is 8. The zero-order chi connectivity index (χ0) is 27.6. The summed E-state index contributed by atoms with van der Waals surface area (Å²) in [6, 6.07) is 57.2. The number of aromatic nitrogens is 2. The van der Waals surface area contributed by atoms with E-state index >= 15 is 0 Å². The van der Waals surface area contributed by atoms with E-state index in [9.17, 15) is 0 Å². The van der Waals surface area contributed by atoms with E-state index in [1.54, 1.807) is 0 Å². The Balaban J connectivity index is 1.38. The van der Waals surface area contributed by atoms with E-state index in [1.165, 1.54) is 76.9 Å². The van der Waals surface area contributed by atoms with Gasteiger partial charge in [-0.15, -0.1) is 0 Å². The van der Waals surface area contributed by atoms with Crippen LogP contribution in [0, 0.1) is 0 Å². The van der Waals surface area contributed by atoms with Crippen molar-refractivity contribution in [2.24, 2.45) is 0 Å². The lowest BCUT2D eigenvalue weighted by Gasteiger charge is -2.12. The van der Waals surface area contributed by atoms with Gasteiger partial charge < -0.3 is 9.13 Å². The van der Waals surface area contributed by atoms with Crippen LogP contribution in [0.25, 0.3) is 76.9 Å². The molecule has 2 heterocycles. The Bertz CT molecular complexity index is 2430. The van der Waals surface area contributed by atoms with Gasteiger partial charge in [-0.2, -0.15) is 0 Å². The van der Waals surface area contributed by atoms with E-state index < -0.39 is 0 Å². The number of para-hydroxylation sites is 3. The highest BCUT2D eigenvalue weighted by molar-refractivity contribution is 6.22. The van der Waals surface area contributed by atoms with Gasteiger partial charge in [0.2, 0.25) is 0 Å². The Morgan fingerprint density at radius 2 is 0.881 bits per heavy atom. The van der Waals surface area contributed by atoms with Crippen molar-refractivity contribution in [2.45, 2.75) is 0 Å². The smallest absolute Gasteiger partial charge is 0.0619 e. The SMILES string of the molecule is c1ccc(-c2ccc(-n3c4ccccc4c4ccc5cc6c(cc5c43)c3ccccc3n6-c3ccccc3)cc2)cc1. The molecule has 196 valence electrons. The standard InChI is InChI=1S/C40H26N2/c1-3-11-27(12-4-1)28-19-22-31(23-20-28)42-38-18-10-7-15-32(38)34-24-21-29-25-39-36(26-35(29)40(34)42)33-16-8-9-17-37(33)41(39)30-13-5-2-6-14-30/h1-26H. The fraction of sp³-hybridized carbons (Fsp3) is 0. The molecule has 2 nitrogen and oxygen atoms in total. The quantitative estimate of drug-likeness (QED) is 0.213. The maximum absolute atomic E-state index is 2.45. The Morgan fingerprint density at radius 3 is 1.62 bits per heavy atom. The van der Waals surface area contributed by atoms with Gasteiger partial charge in [0, 0.05) is 38.3 Å². The van der Waals surface area contributed by atoms with Crippen LogP contribution < -0.4 is 0 Å². The summed E-state index contributed by atoms with van der Waals surface area (Å²) in [5.41, 5.74) is 9.72. The van der Waals surface area contributed by atoms with Gasteiger partial charge >= 0.3 is 0 Å².